The Morgan fingerprint density at radius 1 is 1.18 bits per heavy atom. The molecule has 0 aliphatic carbocycles. The van der Waals surface area contributed by atoms with Gasteiger partial charge in [0.2, 0.25) is 0 Å². The number of amides is 1. The van der Waals surface area contributed by atoms with Crippen LogP contribution in [0.4, 0.5) is 11.5 Å². The van der Waals surface area contributed by atoms with E-state index in [-0.39, 0.29) is 11.9 Å². The summed E-state index contributed by atoms with van der Waals surface area (Å²) in [6, 6.07) is 9.72. The van der Waals surface area contributed by atoms with Gasteiger partial charge in [-0.2, -0.15) is 0 Å². The topological polar surface area (TPSA) is 66.9 Å². The SMILES string of the molecule is CCc1cccc(C)c1Nc1ccc(C(=O)NC(C)C)nn1. The molecule has 5 heteroatoms. The minimum absolute atomic E-state index is 0.0752. The molecule has 5 nitrogen and oxygen atoms in total. The summed E-state index contributed by atoms with van der Waals surface area (Å²) in [5.41, 5.74) is 3.75. The van der Waals surface area contributed by atoms with Crippen molar-refractivity contribution in [3.63, 3.8) is 0 Å². The van der Waals surface area contributed by atoms with Crippen LogP contribution in [0.5, 0.6) is 0 Å². The number of benzene rings is 1. The van der Waals surface area contributed by atoms with Crippen molar-refractivity contribution in [2.45, 2.75) is 40.2 Å². The smallest absolute Gasteiger partial charge is 0.271 e. The third kappa shape index (κ3) is 3.81. The molecule has 2 N–H and O–H groups in total. The van der Waals surface area contributed by atoms with E-state index in [1.807, 2.05) is 19.9 Å². The predicted molar refractivity (Wildman–Crippen MR) is 88.5 cm³/mol. The summed E-state index contributed by atoms with van der Waals surface area (Å²) < 4.78 is 0. The molecule has 1 aromatic carbocycles. The first kappa shape index (κ1) is 15.9. The van der Waals surface area contributed by atoms with E-state index < -0.39 is 0 Å². The van der Waals surface area contributed by atoms with Crippen LogP contribution in [0.1, 0.15) is 42.4 Å². The van der Waals surface area contributed by atoms with Gasteiger partial charge in [-0.3, -0.25) is 4.79 Å². The van der Waals surface area contributed by atoms with E-state index >= 15 is 0 Å². The average molecular weight is 298 g/mol. The van der Waals surface area contributed by atoms with Crippen molar-refractivity contribution in [2.75, 3.05) is 5.32 Å². The number of carbonyl (C=O) groups is 1. The second-order valence-electron chi connectivity index (χ2n) is 5.52. The Hall–Kier alpha value is -2.43. The minimum Gasteiger partial charge on any atom is -0.348 e. The standard InChI is InChI=1S/C17H22N4O/c1-5-13-8-6-7-12(4)16(13)19-15-10-9-14(20-21-15)17(22)18-11(2)3/h6-11H,5H2,1-4H3,(H,18,22)(H,19,21). The zero-order valence-electron chi connectivity index (χ0n) is 13.5. The van der Waals surface area contributed by atoms with Crippen LogP contribution in [0.3, 0.4) is 0 Å². The normalized spacial score (nSPS) is 10.6. The van der Waals surface area contributed by atoms with Crippen LogP contribution in [-0.2, 0) is 6.42 Å². The first-order valence-corrected chi connectivity index (χ1v) is 7.51. The summed E-state index contributed by atoms with van der Waals surface area (Å²) in [5.74, 6) is 0.421. The van der Waals surface area contributed by atoms with Gasteiger partial charge >= 0.3 is 0 Å². The zero-order chi connectivity index (χ0) is 16.1. The third-order valence-corrected chi connectivity index (χ3v) is 3.31. The first-order valence-electron chi connectivity index (χ1n) is 7.51. The van der Waals surface area contributed by atoms with E-state index in [0.717, 1.165) is 17.7 Å². The van der Waals surface area contributed by atoms with E-state index in [2.05, 4.69) is 46.8 Å². The molecule has 0 bridgehead atoms. The quantitative estimate of drug-likeness (QED) is 0.889. The molecule has 0 radical (unpaired) electrons. The van der Waals surface area contributed by atoms with E-state index in [9.17, 15) is 4.79 Å². The number of rotatable bonds is 5. The fourth-order valence-corrected chi connectivity index (χ4v) is 2.19. The highest BCUT2D eigenvalue weighted by molar-refractivity contribution is 5.92. The Labute approximate surface area is 131 Å². The highest BCUT2D eigenvalue weighted by Crippen LogP contribution is 2.24. The number of carbonyl (C=O) groups excluding carboxylic acids is 1. The van der Waals surface area contributed by atoms with Gasteiger partial charge in [0, 0.05) is 11.7 Å². The van der Waals surface area contributed by atoms with Crippen LogP contribution < -0.4 is 10.6 Å². The summed E-state index contributed by atoms with van der Waals surface area (Å²) in [7, 11) is 0. The van der Waals surface area contributed by atoms with Gasteiger partial charge in [0.1, 0.15) is 0 Å². The molecule has 22 heavy (non-hydrogen) atoms. The number of nitrogens with one attached hydrogen (secondary N) is 2. The highest BCUT2D eigenvalue weighted by atomic mass is 16.1. The van der Waals surface area contributed by atoms with Crippen molar-refractivity contribution in [1.29, 1.82) is 0 Å². The lowest BCUT2D eigenvalue weighted by atomic mass is 10.1. The summed E-state index contributed by atoms with van der Waals surface area (Å²) in [6.45, 7) is 7.99. The van der Waals surface area contributed by atoms with Gasteiger partial charge in [0.25, 0.3) is 5.91 Å². The Balaban J connectivity index is 2.17. The molecule has 0 unspecified atom stereocenters. The van der Waals surface area contributed by atoms with Crippen molar-refractivity contribution < 1.29 is 4.79 Å². The van der Waals surface area contributed by atoms with Gasteiger partial charge in [0.05, 0.1) is 0 Å². The van der Waals surface area contributed by atoms with Gasteiger partial charge < -0.3 is 10.6 Å². The van der Waals surface area contributed by atoms with Crippen LogP contribution >= 0.6 is 0 Å². The lowest BCUT2D eigenvalue weighted by Crippen LogP contribution is -2.30. The summed E-state index contributed by atoms with van der Waals surface area (Å²) in [6.07, 6.45) is 0.937. The Morgan fingerprint density at radius 3 is 2.55 bits per heavy atom. The Kier molecular flexibility index (Phi) is 5.09. The number of para-hydroxylation sites is 1. The lowest BCUT2D eigenvalue weighted by Gasteiger charge is -2.13. The van der Waals surface area contributed by atoms with E-state index in [1.54, 1.807) is 12.1 Å². The number of anilines is 2. The van der Waals surface area contributed by atoms with Crippen molar-refractivity contribution in [3.05, 3.63) is 47.2 Å². The van der Waals surface area contributed by atoms with Crippen LogP contribution in [-0.4, -0.2) is 22.1 Å². The highest BCUT2D eigenvalue weighted by Gasteiger charge is 2.10. The number of aromatic nitrogens is 2. The second kappa shape index (κ2) is 7.02. The number of aryl methyl sites for hydroxylation is 2. The third-order valence-electron chi connectivity index (χ3n) is 3.31. The van der Waals surface area contributed by atoms with E-state index in [4.69, 9.17) is 0 Å². The molecular formula is C17H22N4O. The van der Waals surface area contributed by atoms with Crippen LogP contribution in [0.2, 0.25) is 0 Å². The van der Waals surface area contributed by atoms with Crippen molar-refractivity contribution in [1.82, 2.24) is 15.5 Å². The largest absolute Gasteiger partial charge is 0.348 e. The maximum absolute atomic E-state index is 11.8. The number of hydrogen-bond donors (Lipinski definition) is 2. The monoisotopic (exact) mass is 298 g/mol. The molecule has 0 fully saturated rings. The average Bonchev–Trinajstić information content (AvgIpc) is 2.49. The van der Waals surface area contributed by atoms with Crippen molar-refractivity contribution >= 4 is 17.4 Å². The van der Waals surface area contributed by atoms with Gasteiger partial charge in [-0.1, -0.05) is 25.1 Å². The molecule has 0 atom stereocenters. The molecule has 0 saturated carbocycles. The van der Waals surface area contributed by atoms with Gasteiger partial charge in [-0.05, 0) is 50.5 Å². The molecule has 2 rings (SSSR count). The molecule has 1 aromatic heterocycles. The molecule has 1 heterocycles. The molecule has 2 aromatic rings. The molecule has 0 aliphatic heterocycles. The minimum atomic E-state index is -0.209. The zero-order valence-corrected chi connectivity index (χ0v) is 13.5. The molecule has 1 amide bonds. The van der Waals surface area contributed by atoms with E-state index in [1.165, 1.54) is 5.56 Å². The van der Waals surface area contributed by atoms with Gasteiger partial charge in [-0.25, -0.2) is 0 Å². The Bertz CT molecular complexity index is 650. The fourth-order valence-electron chi connectivity index (χ4n) is 2.19. The van der Waals surface area contributed by atoms with Crippen LogP contribution in [0.25, 0.3) is 0 Å². The predicted octanol–water partition coefficient (Wildman–Crippen LogP) is 3.23. The lowest BCUT2D eigenvalue weighted by molar-refractivity contribution is 0.0937. The van der Waals surface area contributed by atoms with Gasteiger partial charge in [-0.15, -0.1) is 10.2 Å². The fraction of sp³-hybridized carbons (Fsp3) is 0.353. The van der Waals surface area contributed by atoms with Crippen molar-refractivity contribution in [2.24, 2.45) is 0 Å². The van der Waals surface area contributed by atoms with E-state index in [0.29, 0.717) is 11.5 Å². The maximum Gasteiger partial charge on any atom is 0.271 e. The summed E-state index contributed by atoms with van der Waals surface area (Å²) in [4.78, 5) is 11.8. The van der Waals surface area contributed by atoms with Crippen LogP contribution in [0, 0.1) is 6.92 Å². The number of hydrogen-bond acceptors (Lipinski definition) is 4. The molecule has 116 valence electrons. The summed E-state index contributed by atoms with van der Waals surface area (Å²) in [5, 5.41) is 14.2. The molecule has 0 aliphatic rings. The van der Waals surface area contributed by atoms with Crippen LogP contribution in [0.15, 0.2) is 30.3 Å². The summed E-state index contributed by atoms with van der Waals surface area (Å²) >= 11 is 0. The second-order valence-corrected chi connectivity index (χ2v) is 5.52. The first-order chi connectivity index (χ1) is 10.5. The number of nitrogens with zero attached hydrogens (tertiary/aromatic N) is 2. The molecule has 0 saturated heterocycles. The molecule has 0 spiro atoms. The Morgan fingerprint density at radius 2 is 1.95 bits per heavy atom. The molecular weight excluding hydrogens is 276 g/mol. The maximum atomic E-state index is 11.8. The van der Waals surface area contributed by atoms with Crippen molar-refractivity contribution in [3.8, 4) is 0 Å². The van der Waals surface area contributed by atoms with Gasteiger partial charge in [0.15, 0.2) is 11.5 Å².